The minimum Gasteiger partial charge on any atom is -0.355 e. The average Bonchev–Trinajstić information content (AvgIpc) is 2.76. The van der Waals surface area contributed by atoms with Crippen LogP contribution in [-0.4, -0.2) is 21.8 Å². The molecule has 0 bridgehead atoms. The van der Waals surface area contributed by atoms with Gasteiger partial charge in [-0.1, -0.05) is 17.7 Å². The maximum atomic E-state index is 12.8. The number of hydrogen-bond acceptors (Lipinski definition) is 3. The highest BCUT2D eigenvalue weighted by molar-refractivity contribution is 8.00. The van der Waals surface area contributed by atoms with Gasteiger partial charge in [0.15, 0.2) is 11.6 Å². The van der Waals surface area contributed by atoms with Crippen LogP contribution in [0.15, 0.2) is 23.1 Å². The molecule has 1 N–H and O–H groups in total. The summed E-state index contributed by atoms with van der Waals surface area (Å²) in [5, 5.41) is -0.215. The molecule has 1 aromatic heterocycles. The van der Waals surface area contributed by atoms with Gasteiger partial charge in [0.25, 0.3) is 0 Å². The quantitative estimate of drug-likeness (QED) is 0.632. The molecule has 2 aromatic rings. The van der Waals surface area contributed by atoms with Crippen LogP contribution in [-0.2, 0) is 0 Å². The van der Waals surface area contributed by atoms with E-state index in [9.17, 15) is 9.59 Å². The van der Waals surface area contributed by atoms with Gasteiger partial charge < -0.3 is 4.98 Å². The van der Waals surface area contributed by atoms with Gasteiger partial charge in [-0.25, -0.2) is 0 Å². The van der Waals surface area contributed by atoms with Gasteiger partial charge in [0, 0.05) is 16.2 Å². The third-order valence-electron chi connectivity index (χ3n) is 4.04. The van der Waals surface area contributed by atoms with Gasteiger partial charge in [-0.15, -0.1) is 11.8 Å². The number of aromatic nitrogens is 1. The van der Waals surface area contributed by atoms with Gasteiger partial charge in [0.1, 0.15) is 0 Å². The fraction of sp³-hybridized carbons (Fsp3) is 0.368. The summed E-state index contributed by atoms with van der Waals surface area (Å²) < 4.78 is 0. The summed E-state index contributed by atoms with van der Waals surface area (Å²) in [5.74, 6) is 0.0214. The van der Waals surface area contributed by atoms with Crippen LogP contribution in [0.2, 0.25) is 0 Å². The van der Waals surface area contributed by atoms with Crippen molar-refractivity contribution in [2.75, 3.05) is 0 Å². The number of nitrogens with one attached hydrogen (secondary N) is 1. The highest BCUT2D eigenvalue weighted by Crippen LogP contribution is 2.30. The first-order valence-corrected chi connectivity index (χ1v) is 8.58. The van der Waals surface area contributed by atoms with Gasteiger partial charge in [-0.2, -0.15) is 0 Å². The Bertz CT molecular complexity index is 774. The Morgan fingerprint density at radius 3 is 2.30 bits per heavy atom. The van der Waals surface area contributed by atoms with E-state index in [1.807, 2.05) is 20.8 Å². The zero-order valence-electron chi connectivity index (χ0n) is 14.5. The van der Waals surface area contributed by atoms with E-state index in [0.717, 1.165) is 16.2 Å². The first kappa shape index (κ1) is 17.5. The second-order valence-corrected chi connectivity index (χ2v) is 7.46. The topological polar surface area (TPSA) is 49.9 Å². The summed E-state index contributed by atoms with van der Waals surface area (Å²) in [6.45, 7) is 11.2. The number of Topliss-reactive ketones (excluding diaryl/α,β-unsaturated/α-hetero) is 2. The SMILES string of the molecule is CC(=O)c1c(C)[nH]c(C(=O)[C@@H](C)Sc2ccc(C)cc2C)c1C. The molecule has 0 spiro atoms. The number of benzene rings is 1. The van der Waals surface area contributed by atoms with Crippen LogP contribution < -0.4 is 0 Å². The molecule has 0 aliphatic carbocycles. The number of hydrogen-bond donors (Lipinski definition) is 1. The second kappa shape index (κ2) is 6.75. The van der Waals surface area contributed by atoms with E-state index < -0.39 is 0 Å². The molecule has 0 saturated carbocycles. The maximum absolute atomic E-state index is 12.8. The van der Waals surface area contributed by atoms with Gasteiger partial charge in [-0.05, 0) is 58.7 Å². The zero-order chi connectivity index (χ0) is 17.3. The van der Waals surface area contributed by atoms with Crippen molar-refractivity contribution in [3.8, 4) is 0 Å². The summed E-state index contributed by atoms with van der Waals surface area (Å²) in [7, 11) is 0. The van der Waals surface area contributed by atoms with Crippen LogP contribution in [0.25, 0.3) is 0 Å². The molecule has 2 rings (SSSR count). The summed E-state index contributed by atoms with van der Waals surface area (Å²) in [4.78, 5) is 28.7. The molecule has 1 heterocycles. The average molecular weight is 329 g/mol. The molecule has 0 fully saturated rings. The summed E-state index contributed by atoms with van der Waals surface area (Å²) in [6, 6.07) is 6.24. The number of H-pyrrole nitrogens is 1. The normalized spacial score (nSPS) is 12.3. The fourth-order valence-corrected chi connectivity index (χ4v) is 3.90. The van der Waals surface area contributed by atoms with Crippen LogP contribution in [0.1, 0.15) is 57.1 Å². The van der Waals surface area contributed by atoms with Crippen molar-refractivity contribution in [2.45, 2.75) is 51.7 Å². The molecule has 0 saturated heterocycles. The Labute approximate surface area is 141 Å². The van der Waals surface area contributed by atoms with Crippen LogP contribution >= 0.6 is 11.8 Å². The van der Waals surface area contributed by atoms with Gasteiger partial charge in [0.2, 0.25) is 0 Å². The van der Waals surface area contributed by atoms with Crippen molar-refractivity contribution < 1.29 is 9.59 Å². The summed E-state index contributed by atoms with van der Waals surface area (Å²) >= 11 is 1.56. The minimum absolute atomic E-state index is 0.00927. The largest absolute Gasteiger partial charge is 0.355 e. The molecule has 0 aliphatic heterocycles. The Hall–Kier alpha value is -1.81. The Kier molecular flexibility index (Phi) is 5.15. The number of carbonyl (C=O) groups excluding carboxylic acids is 2. The number of aromatic amines is 1. The lowest BCUT2D eigenvalue weighted by Gasteiger charge is -2.12. The van der Waals surface area contributed by atoms with Gasteiger partial charge >= 0.3 is 0 Å². The molecule has 1 aromatic carbocycles. The molecule has 0 amide bonds. The lowest BCUT2D eigenvalue weighted by atomic mass is 10.0. The van der Waals surface area contributed by atoms with E-state index in [0.29, 0.717) is 11.3 Å². The van der Waals surface area contributed by atoms with Crippen molar-refractivity contribution in [2.24, 2.45) is 0 Å². The van der Waals surface area contributed by atoms with Crippen molar-refractivity contribution in [3.63, 3.8) is 0 Å². The number of ketones is 2. The van der Waals surface area contributed by atoms with Crippen molar-refractivity contribution in [3.05, 3.63) is 51.8 Å². The molecule has 23 heavy (non-hydrogen) atoms. The van der Waals surface area contributed by atoms with Crippen molar-refractivity contribution in [1.29, 1.82) is 0 Å². The number of aryl methyl sites for hydroxylation is 3. The number of carbonyl (C=O) groups is 2. The van der Waals surface area contributed by atoms with Gasteiger partial charge in [-0.3, -0.25) is 9.59 Å². The van der Waals surface area contributed by atoms with Crippen LogP contribution in [0.4, 0.5) is 0 Å². The zero-order valence-corrected chi connectivity index (χ0v) is 15.4. The van der Waals surface area contributed by atoms with E-state index in [-0.39, 0.29) is 16.8 Å². The number of rotatable bonds is 5. The van der Waals surface area contributed by atoms with Crippen molar-refractivity contribution >= 4 is 23.3 Å². The molecule has 4 heteroatoms. The predicted molar refractivity (Wildman–Crippen MR) is 95.8 cm³/mol. The van der Waals surface area contributed by atoms with E-state index in [4.69, 9.17) is 0 Å². The fourth-order valence-electron chi connectivity index (χ4n) is 2.90. The first-order chi connectivity index (χ1) is 10.7. The minimum atomic E-state index is -0.215. The highest BCUT2D eigenvalue weighted by Gasteiger charge is 2.24. The number of thioether (sulfide) groups is 1. The lowest BCUT2D eigenvalue weighted by molar-refractivity contribution is 0.0988. The third-order valence-corrected chi connectivity index (χ3v) is 5.32. The third kappa shape index (κ3) is 3.58. The molecule has 0 radical (unpaired) electrons. The molecule has 0 unspecified atom stereocenters. The molecule has 3 nitrogen and oxygen atoms in total. The van der Waals surface area contributed by atoms with E-state index >= 15 is 0 Å². The molecule has 122 valence electrons. The monoisotopic (exact) mass is 329 g/mol. The second-order valence-electron chi connectivity index (χ2n) is 6.07. The first-order valence-electron chi connectivity index (χ1n) is 7.70. The van der Waals surface area contributed by atoms with Crippen molar-refractivity contribution in [1.82, 2.24) is 4.98 Å². The lowest BCUT2D eigenvalue weighted by Crippen LogP contribution is -2.15. The summed E-state index contributed by atoms with van der Waals surface area (Å²) in [6.07, 6.45) is 0. The van der Waals surface area contributed by atoms with Crippen LogP contribution in [0.5, 0.6) is 0 Å². The predicted octanol–water partition coefficient (Wildman–Crippen LogP) is 4.81. The maximum Gasteiger partial charge on any atom is 0.192 e. The Morgan fingerprint density at radius 1 is 1.13 bits per heavy atom. The Balaban J connectivity index is 2.27. The standard InChI is InChI=1S/C19H23NO2S/c1-10-7-8-16(11(2)9-10)23-15(6)19(22)18-12(3)17(14(5)21)13(4)20-18/h7-9,15,20H,1-6H3/t15-/m1/s1. The van der Waals surface area contributed by atoms with Gasteiger partial charge in [0.05, 0.1) is 10.9 Å². The van der Waals surface area contributed by atoms with E-state index in [1.165, 1.54) is 18.1 Å². The summed E-state index contributed by atoms with van der Waals surface area (Å²) in [5.41, 5.74) is 5.11. The smallest absolute Gasteiger partial charge is 0.192 e. The Morgan fingerprint density at radius 2 is 1.78 bits per heavy atom. The van der Waals surface area contributed by atoms with Crippen LogP contribution in [0.3, 0.4) is 0 Å². The molecule has 1 atom stereocenters. The van der Waals surface area contributed by atoms with E-state index in [1.54, 1.807) is 11.8 Å². The molecule has 0 aliphatic rings. The highest BCUT2D eigenvalue weighted by atomic mass is 32.2. The molecular weight excluding hydrogens is 306 g/mol. The molecular formula is C19H23NO2S. The van der Waals surface area contributed by atoms with E-state index in [2.05, 4.69) is 37.0 Å². The van der Waals surface area contributed by atoms with Crippen LogP contribution in [0, 0.1) is 27.7 Å².